The van der Waals surface area contributed by atoms with Gasteiger partial charge >= 0.3 is 0 Å². The number of nitrogens with one attached hydrogen (secondary N) is 2. The van der Waals surface area contributed by atoms with Gasteiger partial charge in [-0.1, -0.05) is 17.4 Å². The van der Waals surface area contributed by atoms with Crippen LogP contribution in [0.4, 0.5) is 16.9 Å². The fraction of sp³-hybridized carbons (Fsp3) is 0.429. The molecule has 0 spiro atoms. The number of hydrogen-bond acceptors (Lipinski definition) is 10. The summed E-state index contributed by atoms with van der Waals surface area (Å²) >= 11 is 1.46. The number of anilines is 3. The van der Waals surface area contributed by atoms with Crippen molar-refractivity contribution in [1.82, 2.24) is 15.0 Å². The zero-order chi connectivity index (χ0) is 21.2. The predicted molar refractivity (Wildman–Crippen MR) is 123 cm³/mol. The maximum absolute atomic E-state index is 8.14. The van der Waals surface area contributed by atoms with Gasteiger partial charge in [-0.25, -0.2) is 9.97 Å². The SMILES string of the molecule is N=Cc1c(NC2CCOCC2)nc(N2CCOCC2)nc1-c1ccc2sc(N)nc2c1. The van der Waals surface area contributed by atoms with Crippen LogP contribution in [-0.2, 0) is 9.47 Å². The smallest absolute Gasteiger partial charge is 0.228 e. The number of nitrogens with zero attached hydrogens (tertiary/aromatic N) is 4. The highest BCUT2D eigenvalue weighted by Crippen LogP contribution is 2.33. The van der Waals surface area contributed by atoms with Crippen molar-refractivity contribution >= 4 is 44.7 Å². The van der Waals surface area contributed by atoms with E-state index in [0.717, 1.165) is 60.6 Å². The molecule has 2 saturated heterocycles. The summed E-state index contributed by atoms with van der Waals surface area (Å²) in [6.07, 6.45) is 3.15. The van der Waals surface area contributed by atoms with E-state index < -0.39 is 0 Å². The van der Waals surface area contributed by atoms with Gasteiger partial charge in [0.2, 0.25) is 5.95 Å². The highest BCUT2D eigenvalue weighted by molar-refractivity contribution is 7.22. The molecule has 4 N–H and O–H groups in total. The van der Waals surface area contributed by atoms with Gasteiger partial charge in [-0.15, -0.1) is 0 Å². The summed E-state index contributed by atoms with van der Waals surface area (Å²) in [5.41, 5.74) is 9.01. The van der Waals surface area contributed by atoms with Crippen LogP contribution in [0.3, 0.4) is 0 Å². The molecule has 5 rings (SSSR count). The van der Waals surface area contributed by atoms with Crippen LogP contribution >= 0.6 is 11.3 Å². The Morgan fingerprint density at radius 1 is 1.10 bits per heavy atom. The zero-order valence-electron chi connectivity index (χ0n) is 17.1. The van der Waals surface area contributed by atoms with E-state index in [2.05, 4.69) is 15.2 Å². The molecule has 1 aromatic carbocycles. The molecule has 3 aromatic rings. The van der Waals surface area contributed by atoms with E-state index in [0.29, 0.717) is 35.7 Å². The van der Waals surface area contributed by atoms with Gasteiger partial charge in [-0.3, -0.25) is 0 Å². The Labute approximate surface area is 184 Å². The summed E-state index contributed by atoms with van der Waals surface area (Å²) in [5, 5.41) is 12.2. The Bertz CT molecular complexity index is 1090. The Morgan fingerprint density at radius 3 is 2.65 bits per heavy atom. The summed E-state index contributed by atoms with van der Waals surface area (Å²) in [6.45, 7) is 4.24. The number of nitrogens with two attached hydrogens (primary N) is 1. The molecular formula is C21H25N7O2S. The predicted octanol–water partition coefficient (Wildman–Crippen LogP) is 2.76. The maximum atomic E-state index is 8.14. The van der Waals surface area contributed by atoms with Gasteiger partial charge in [-0.2, -0.15) is 4.98 Å². The van der Waals surface area contributed by atoms with Gasteiger partial charge in [0.1, 0.15) is 5.82 Å². The molecular weight excluding hydrogens is 414 g/mol. The van der Waals surface area contributed by atoms with Crippen molar-refractivity contribution in [1.29, 1.82) is 5.41 Å². The summed E-state index contributed by atoms with van der Waals surface area (Å²) in [5.74, 6) is 1.34. The Kier molecular flexibility index (Phi) is 5.66. The minimum Gasteiger partial charge on any atom is -0.381 e. The summed E-state index contributed by atoms with van der Waals surface area (Å²) < 4.78 is 12.0. The molecule has 9 nitrogen and oxygen atoms in total. The third kappa shape index (κ3) is 4.18. The van der Waals surface area contributed by atoms with Crippen LogP contribution in [0.15, 0.2) is 18.2 Å². The molecule has 162 valence electrons. The number of aromatic nitrogens is 3. The van der Waals surface area contributed by atoms with E-state index in [9.17, 15) is 0 Å². The molecule has 31 heavy (non-hydrogen) atoms. The van der Waals surface area contributed by atoms with Crippen LogP contribution in [0, 0.1) is 5.41 Å². The lowest BCUT2D eigenvalue weighted by atomic mass is 10.0. The van der Waals surface area contributed by atoms with Crippen molar-refractivity contribution in [3.05, 3.63) is 23.8 Å². The van der Waals surface area contributed by atoms with Gasteiger partial charge in [-0.05, 0) is 25.0 Å². The highest BCUT2D eigenvalue weighted by atomic mass is 32.1. The molecule has 0 aliphatic carbocycles. The summed E-state index contributed by atoms with van der Waals surface area (Å²) in [6, 6.07) is 6.26. The Morgan fingerprint density at radius 2 is 1.87 bits per heavy atom. The standard InChI is InChI=1S/C21H25N7O2S/c22-12-15-18(13-1-2-17-16(11-13)25-20(23)31-17)26-21(28-5-9-30-10-6-28)27-19(15)24-14-3-7-29-8-4-14/h1-2,11-12,14,22H,3-10H2,(H2,23,25)(H,24,26,27). The first-order valence-corrected chi connectivity index (χ1v) is 11.3. The lowest BCUT2D eigenvalue weighted by molar-refractivity contribution is 0.0904. The average Bonchev–Trinajstić information content (AvgIpc) is 3.19. The monoisotopic (exact) mass is 439 g/mol. The molecule has 0 saturated carbocycles. The van der Waals surface area contributed by atoms with Crippen molar-refractivity contribution < 1.29 is 9.47 Å². The van der Waals surface area contributed by atoms with Gasteiger partial charge in [0.25, 0.3) is 0 Å². The van der Waals surface area contributed by atoms with Crippen molar-refractivity contribution in [2.75, 3.05) is 55.5 Å². The number of fused-ring (bicyclic) bond motifs is 1. The van der Waals surface area contributed by atoms with Gasteiger partial charge in [0.15, 0.2) is 5.13 Å². The van der Waals surface area contributed by atoms with E-state index in [1.54, 1.807) is 0 Å². The number of hydrogen-bond donors (Lipinski definition) is 3. The number of thiazole rings is 1. The van der Waals surface area contributed by atoms with Crippen molar-refractivity contribution in [2.24, 2.45) is 0 Å². The van der Waals surface area contributed by atoms with Crippen molar-refractivity contribution in [3.8, 4) is 11.3 Å². The van der Waals surface area contributed by atoms with Gasteiger partial charge < -0.3 is 30.8 Å². The fourth-order valence-corrected chi connectivity index (χ4v) is 4.67. The number of nitrogen functional groups attached to an aromatic ring is 1. The summed E-state index contributed by atoms with van der Waals surface area (Å²) in [4.78, 5) is 16.3. The molecule has 2 aromatic heterocycles. The van der Waals surface area contributed by atoms with Gasteiger partial charge in [0, 0.05) is 44.1 Å². The van der Waals surface area contributed by atoms with E-state index in [1.165, 1.54) is 17.6 Å². The quantitative estimate of drug-likeness (QED) is 0.519. The van der Waals surface area contributed by atoms with Gasteiger partial charge in [0.05, 0.1) is 34.7 Å². The minimum atomic E-state index is 0.258. The molecule has 2 fully saturated rings. The number of morpholine rings is 1. The highest BCUT2D eigenvalue weighted by Gasteiger charge is 2.23. The Hall–Kier alpha value is -2.82. The third-order valence-electron chi connectivity index (χ3n) is 5.61. The fourth-order valence-electron chi connectivity index (χ4n) is 3.96. The lowest BCUT2D eigenvalue weighted by Gasteiger charge is -2.29. The van der Waals surface area contributed by atoms with Crippen molar-refractivity contribution in [3.63, 3.8) is 0 Å². The minimum absolute atomic E-state index is 0.258. The Balaban J connectivity index is 1.61. The van der Waals surface area contributed by atoms with Crippen LogP contribution in [0.25, 0.3) is 21.5 Å². The second-order valence-electron chi connectivity index (χ2n) is 7.64. The molecule has 0 amide bonds. The average molecular weight is 440 g/mol. The first kappa shape index (κ1) is 20.1. The number of ether oxygens (including phenoxy) is 2. The summed E-state index contributed by atoms with van der Waals surface area (Å²) in [7, 11) is 0. The van der Waals surface area contributed by atoms with Crippen LogP contribution in [-0.4, -0.2) is 66.7 Å². The van der Waals surface area contributed by atoms with Crippen LogP contribution in [0.2, 0.25) is 0 Å². The molecule has 4 heterocycles. The topological polar surface area (TPSA) is 122 Å². The molecule has 0 bridgehead atoms. The number of rotatable bonds is 5. The maximum Gasteiger partial charge on any atom is 0.228 e. The molecule has 2 aliphatic heterocycles. The van der Waals surface area contributed by atoms with Crippen LogP contribution in [0.1, 0.15) is 18.4 Å². The third-order valence-corrected chi connectivity index (χ3v) is 6.48. The van der Waals surface area contributed by atoms with Crippen LogP contribution < -0.4 is 16.0 Å². The van der Waals surface area contributed by atoms with E-state index in [4.69, 9.17) is 30.6 Å². The lowest BCUT2D eigenvalue weighted by Crippen LogP contribution is -2.38. The van der Waals surface area contributed by atoms with E-state index in [-0.39, 0.29) is 6.04 Å². The molecule has 10 heteroatoms. The first-order chi connectivity index (χ1) is 15.2. The second-order valence-corrected chi connectivity index (χ2v) is 8.71. The van der Waals surface area contributed by atoms with E-state index in [1.807, 2.05) is 18.2 Å². The molecule has 0 unspecified atom stereocenters. The number of benzene rings is 1. The van der Waals surface area contributed by atoms with Crippen molar-refractivity contribution in [2.45, 2.75) is 18.9 Å². The molecule has 0 atom stereocenters. The van der Waals surface area contributed by atoms with Crippen LogP contribution in [0.5, 0.6) is 0 Å². The van der Waals surface area contributed by atoms with E-state index >= 15 is 0 Å². The second kappa shape index (κ2) is 8.74. The molecule has 2 aliphatic rings. The molecule has 0 radical (unpaired) electrons. The first-order valence-electron chi connectivity index (χ1n) is 10.5. The normalized spacial score (nSPS) is 17.7. The zero-order valence-corrected chi connectivity index (χ0v) is 18.0. The largest absolute Gasteiger partial charge is 0.381 e.